The molecule has 0 aromatic rings. The fourth-order valence-electron chi connectivity index (χ4n) is 2.03. The highest BCUT2D eigenvalue weighted by Crippen LogP contribution is 2.17. The van der Waals surface area contributed by atoms with Gasteiger partial charge in [-0.2, -0.15) is 0 Å². The molecule has 0 aliphatic carbocycles. The van der Waals surface area contributed by atoms with Gasteiger partial charge < -0.3 is 9.64 Å². The summed E-state index contributed by atoms with van der Waals surface area (Å²) < 4.78 is 4.77. The van der Waals surface area contributed by atoms with Crippen molar-refractivity contribution in [1.82, 2.24) is 14.7 Å². The van der Waals surface area contributed by atoms with Gasteiger partial charge >= 0.3 is 5.97 Å². The molecule has 1 rings (SSSR count). The molecule has 1 atom stereocenters. The second kappa shape index (κ2) is 7.35. The predicted octanol–water partition coefficient (Wildman–Crippen LogP) is -0.830. The van der Waals surface area contributed by atoms with Crippen molar-refractivity contribution in [2.45, 2.75) is 19.4 Å². The van der Waals surface area contributed by atoms with E-state index in [9.17, 15) is 14.4 Å². The first-order valence-corrected chi connectivity index (χ1v) is 6.71. The number of nitrogens with zero attached hydrogens (tertiary/aromatic N) is 3. The van der Waals surface area contributed by atoms with Gasteiger partial charge in [-0.25, -0.2) is 0 Å². The second-order valence-electron chi connectivity index (χ2n) is 5.13. The topological polar surface area (TPSA) is 70.2 Å². The van der Waals surface area contributed by atoms with Gasteiger partial charge in [-0.1, -0.05) is 0 Å². The molecular formula is C13H23N3O4. The highest BCUT2D eigenvalue weighted by atomic mass is 16.5. The molecule has 1 fully saturated rings. The smallest absolute Gasteiger partial charge is 0.326 e. The zero-order chi connectivity index (χ0) is 15.3. The van der Waals surface area contributed by atoms with Crippen LogP contribution in [-0.4, -0.2) is 85.9 Å². The van der Waals surface area contributed by atoms with E-state index in [0.717, 1.165) is 11.4 Å². The van der Waals surface area contributed by atoms with Crippen molar-refractivity contribution in [3.63, 3.8) is 0 Å². The number of esters is 1. The number of rotatable bonds is 7. The molecule has 7 nitrogen and oxygen atoms in total. The molecule has 0 aromatic carbocycles. The number of likely N-dealkylation sites (N-methyl/N-ethyl adjacent to an activating group) is 2. The Hall–Kier alpha value is -1.47. The molecule has 1 aliphatic heterocycles. The first-order valence-electron chi connectivity index (χ1n) is 6.71. The Morgan fingerprint density at radius 1 is 1.30 bits per heavy atom. The van der Waals surface area contributed by atoms with Crippen LogP contribution in [0, 0.1) is 0 Å². The first-order chi connectivity index (χ1) is 9.36. The fourth-order valence-corrected chi connectivity index (χ4v) is 2.03. The SMILES string of the molecule is CCOC(=O)CN1C(=O)C[C@H](N(C)CCN(C)C)C1=O. The van der Waals surface area contributed by atoms with Crippen LogP contribution in [0.25, 0.3) is 0 Å². The molecule has 0 saturated carbocycles. The molecule has 0 N–H and O–H groups in total. The number of likely N-dealkylation sites (tertiary alicyclic amines) is 1. The van der Waals surface area contributed by atoms with E-state index in [1.165, 1.54) is 0 Å². The number of ether oxygens (including phenoxy) is 1. The third-order valence-corrected chi connectivity index (χ3v) is 3.24. The van der Waals surface area contributed by atoms with Crippen molar-refractivity contribution >= 4 is 17.8 Å². The van der Waals surface area contributed by atoms with Gasteiger partial charge in [-0.15, -0.1) is 0 Å². The first kappa shape index (κ1) is 16.6. The third kappa shape index (κ3) is 4.28. The lowest BCUT2D eigenvalue weighted by atomic mass is 10.2. The third-order valence-electron chi connectivity index (χ3n) is 3.24. The Morgan fingerprint density at radius 3 is 2.50 bits per heavy atom. The zero-order valence-electron chi connectivity index (χ0n) is 12.6. The molecule has 1 heterocycles. The summed E-state index contributed by atoms with van der Waals surface area (Å²) in [6.45, 7) is 3.12. The monoisotopic (exact) mass is 285 g/mol. The number of hydrogen-bond acceptors (Lipinski definition) is 6. The molecular weight excluding hydrogens is 262 g/mol. The minimum Gasteiger partial charge on any atom is -0.465 e. The van der Waals surface area contributed by atoms with Crippen molar-refractivity contribution in [2.75, 3.05) is 47.4 Å². The average molecular weight is 285 g/mol. The number of carbonyl (C=O) groups is 3. The summed E-state index contributed by atoms with van der Waals surface area (Å²) in [7, 11) is 5.71. The summed E-state index contributed by atoms with van der Waals surface area (Å²) in [5.41, 5.74) is 0. The molecule has 0 radical (unpaired) electrons. The lowest BCUT2D eigenvalue weighted by molar-refractivity contribution is -0.152. The van der Waals surface area contributed by atoms with Crippen LogP contribution < -0.4 is 0 Å². The molecule has 0 spiro atoms. The summed E-state index contributed by atoms with van der Waals surface area (Å²) >= 11 is 0. The van der Waals surface area contributed by atoms with Gasteiger partial charge in [0.05, 0.1) is 19.1 Å². The maximum atomic E-state index is 12.2. The van der Waals surface area contributed by atoms with Crippen LogP contribution in [0.1, 0.15) is 13.3 Å². The Balaban J connectivity index is 2.59. The molecule has 2 amide bonds. The van der Waals surface area contributed by atoms with Gasteiger partial charge in [0.25, 0.3) is 0 Å². The highest BCUT2D eigenvalue weighted by molar-refractivity contribution is 6.07. The van der Waals surface area contributed by atoms with Crippen molar-refractivity contribution in [2.24, 2.45) is 0 Å². The summed E-state index contributed by atoms with van der Waals surface area (Å²) in [5.74, 6) is -1.18. The van der Waals surface area contributed by atoms with E-state index in [1.807, 2.05) is 30.9 Å². The van der Waals surface area contributed by atoms with Crippen LogP contribution >= 0.6 is 0 Å². The number of carbonyl (C=O) groups excluding carboxylic acids is 3. The lowest BCUT2D eigenvalue weighted by Crippen LogP contribution is -2.43. The minimum absolute atomic E-state index is 0.127. The van der Waals surface area contributed by atoms with E-state index < -0.39 is 12.0 Å². The fraction of sp³-hybridized carbons (Fsp3) is 0.769. The Bertz CT molecular complexity index is 384. The van der Waals surface area contributed by atoms with Crippen LogP contribution in [-0.2, 0) is 19.1 Å². The average Bonchev–Trinajstić information content (AvgIpc) is 2.64. The highest BCUT2D eigenvalue weighted by Gasteiger charge is 2.41. The summed E-state index contributed by atoms with van der Waals surface area (Å²) in [5, 5.41) is 0. The Kier molecular flexibility index (Phi) is 6.09. The molecule has 1 saturated heterocycles. The van der Waals surface area contributed by atoms with E-state index in [-0.39, 0.29) is 31.4 Å². The summed E-state index contributed by atoms with van der Waals surface area (Å²) in [4.78, 5) is 40.3. The van der Waals surface area contributed by atoms with Gasteiger partial charge in [-0.05, 0) is 28.1 Å². The maximum Gasteiger partial charge on any atom is 0.326 e. The van der Waals surface area contributed by atoms with Gasteiger partial charge in [-0.3, -0.25) is 24.2 Å². The molecule has 1 aliphatic rings. The molecule has 0 unspecified atom stereocenters. The molecule has 7 heteroatoms. The lowest BCUT2D eigenvalue weighted by Gasteiger charge is -2.24. The van der Waals surface area contributed by atoms with Crippen molar-refractivity contribution < 1.29 is 19.1 Å². The predicted molar refractivity (Wildman–Crippen MR) is 72.9 cm³/mol. The minimum atomic E-state index is -0.550. The molecule has 114 valence electrons. The number of hydrogen-bond donors (Lipinski definition) is 0. The van der Waals surface area contributed by atoms with Crippen LogP contribution in [0.3, 0.4) is 0 Å². The van der Waals surface area contributed by atoms with E-state index in [1.54, 1.807) is 6.92 Å². The van der Waals surface area contributed by atoms with Crippen molar-refractivity contribution in [1.29, 1.82) is 0 Å². The standard InChI is InChI=1S/C13H23N3O4/c1-5-20-12(18)9-16-11(17)8-10(13(16)19)15(4)7-6-14(2)3/h10H,5-9H2,1-4H3/t10-/m0/s1. The number of imide groups is 1. The van der Waals surface area contributed by atoms with Crippen LogP contribution in [0.4, 0.5) is 0 Å². The van der Waals surface area contributed by atoms with Crippen LogP contribution in [0.15, 0.2) is 0 Å². The van der Waals surface area contributed by atoms with E-state index in [4.69, 9.17) is 4.74 Å². The van der Waals surface area contributed by atoms with Gasteiger partial charge in [0, 0.05) is 13.1 Å². The largest absolute Gasteiger partial charge is 0.465 e. The summed E-state index contributed by atoms with van der Waals surface area (Å²) in [6.07, 6.45) is 0.127. The van der Waals surface area contributed by atoms with E-state index in [0.29, 0.717) is 6.54 Å². The molecule has 0 aromatic heterocycles. The Labute approximate surface area is 119 Å². The zero-order valence-corrected chi connectivity index (χ0v) is 12.6. The maximum absolute atomic E-state index is 12.2. The molecule has 0 bridgehead atoms. The van der Waals surface area contributed by atoms with E-state index >= 15 is 0 Å². The normalized spacial score (nSPS) is 19.3. The van der Waals surface area contributed by atoms with Crippen LogP contribution in [0.5, 0.6) is 0 Å². The van der Waals surface area contributed by atoms with Crippen molar-refractivity contribution in [3.05, 3.63) is 0 Å². The molecule has 20 heavy (non-hydrogen) atoms. The van der Waals surface area contributed by atoms with Crippen molar-refractivity contribution in [3.8, 4) is 0 Å². The summed E-state index contributed by atoms with van der Waals surface area (Å²) in [6, 6.07) is -0.475. The van der Waals surface area contributed by atoms with Gasteiger partial charge in [0.2, 0.25) is 11.8 Å². The van der Waals surface area contributed by atoms with Gasteiger partial charge in [0.15, 0.2) is 0 Å². The number of amides is 2. The second-order valence-corrected chi connectivity index (χ2v) is 5.13. The van der Waals surface area contributed by atoms with Gasteiger partial charge in [0.1, 0.15) is 6.54 Å². The van der Waals surface area contributed by atoms with E-state index in [2.05, 4.69) is 0 Å². The van der Waals surface area contributed by atoms with Crippen LogP contribution in [0.2, 0.25) is 0 Å². The Morgan fingerprint density at radius 2 is 1.95 bits per heavy atom. The quantitative estimate of drug-likeness (QED) is 0.449.